The predicted molar refractivity (Wildman–Crippen MR) is 90.4 cm³/mol. The molecule has 0 unspecified atom stereocenters. The van der Waals surface area contributed by atoms with Gasteiger partial charge in [-0.2, -0.15) is 0 Å². The van der Waals surface area contributed by atoms with Gasteiger partial charge >= 0.3 is 0 Å². The molecule has 0 heterocycles. The molecule has 4 nitrogen and oxygen atoms in total. The van der Waals surface area contributed by atoms with E-state index in [-0.39, 0.29) is 34.7 Å². The van der Waals surface area contributed by atoms with E-state index < -0.39 is 0 Å². The van der Waals surface area contributed by atoms with Gasteiger partial charge in [-0.25, -0.2) is 0 Å². The maximum atomic E-state index is 12.0. The monoisotopic (exact) mass is 310 g/mol. The van der Waals surface area contributed by atoms with Crippen LogP contribution in [0.1, 0.15) is 74.1 Å². The molecule has 1 saturated carbocycles. The maximum absolute atomic E-state index is 12.0. The Morgan fingerprint density at radius 3 is 1.86 bits per heavy atom. The Hall–Kier alpha value is -1.06. The van der Waals surface area contributed by atoms with Crippen molar-refractivity contribution in [3.8, 4) is 0 Å². The van der Waals surface area contributed by atoms with Crippen LogP contribution in [0, 0.1) is 17.8 Å². The molecule has 0 aromatic rings. The highest BCUT2D eigenvalue weighted by Crippen LogP contribution is 2.37. The van der Waals surface area contributed by atoms with Gasteiger partial charge < -0.3 is 10.6 Å². The summed E-state index contributed by atoms with van der Waals surface area (Å²) in [5, 5.41) is 6.38. The Balaban J connectivity index is 2.60. The molecular weight excluding hydrogens is 276 g/mol. The molecule has 2 amide bonds. The van der Waals surface area contributed by atoms with Crippen molar-refractivity contribution in [1.29, 1.82) is 0 Å². The number of rotatable bonds is 5. The van der Waals surface area contributed by atoms with Crippen molar-refractivity contribution in [3.05, 3.63) is 0 Å². The van der Waals surface area contributed by atoms with E-state index in [1.807, 2.05) is 27.7 Å². The van der Waals surface area contributed by atoms with Crippen molar-refractivity contribution in [2.45, 2.75) is 85.2 Å². The molecule has 1 fully saturated rings. The van der Waals surface area contributed by atoms with Crippen molar-refractivity contribution in [3.63, 3.8) is 0 Å². The molecule has 0 aromatic carbocycles. The summed E-state index contributed by atoms with van der Waals surface area (Å²) in [5.41, 5.74) is -0.291. The van der Waals surface area contributed by atoms with E-state index in [1.54, 1.807) is 0 Å². The number of carbonyl (C=O) groups excluding carboxylic acids is 2. The van der Waals surface area contributed by atoms with Gasteiger partial charge in [0.2, 0.25) is 11.8 Å². The fraction of sp³-hybridized carbons (Fsp3) is 0.889. The number of amides is 2. The molecule has 0 aliphatic heterocycles. The van der Waals surface area contributed by atoms with Gasteiger partial charge in [0.1, 0.15) is 0 Å². The van der Waals surface area contributed by atoms with Crippen LogP contribution in [0.15, 0.2) is 0 Å². The topological polar surface area (TPSA) is 58.2 Å². The third kappa shape index (κ3) is 4.99. The first-order valence-corrected chi connectivity index (χ1v) is 8.61. The zero-order valence-electron chi connectivity index (χ0n) is 15.4. The van der Waals surface area contributed by atoms with Crippen LogP contribution in [-0.2, 0) is 9.59 Å². The Labute approximate surface area is 135 Å². The van der Waals surface area contributed by atoms with Gasteiger partial charge in [0.05, 0.1) is 0 Å². The van der Waals surface area contributed by atoms with E-state index in [0.717, 1.165) is 25.7 Å². The molecule has 22 heavy (non-hydrogen) atoms. The number of hydrogen-bond acceptors (Lipinski definition) is 2. The second-order valence-corrected chi connectivity index (χ2v) is 8.34. The molecule has 0 bridgehead atoms. The normalized spacial score (nSPS) is 26.1. The maximum Gasteiger partial charge on any atom is 0.222 e. The summed E-state index contributed by atoms with van der Waals surface area (Å²) in [6.45, 7) is 14.1. The van der Waals surface area contributed by atoms with Crippen LogP contribution < -0.4 is 10.6 Å². The minimum absolute atomic E-state index is 0.0125. The number of nitrogens with one attached hydrogen (secondary N) is 2. The van der Waals surface area contributed by atoms with Crippen LogP contribution >= 0.6 is 0 Å². The van der Waals surface area contributed by atoms with E-state index in [1.165, 1.54) is 0 Å². The molecule has 1 rings (SSSR count). The second-order valence-electron chi connectivity index (χ2n) is 8.34. The SMILES string of the molecule is CC(C)C(=O)NC1(C)CCC(C(C)(C)NC(=O)C(C)C)CC1. The zero-order chi connectivity index (χ0) is 17.1. The minimum Gasteiger partial charge on any atom is -0.351 e. The third-order valence-electron chi connectivity index (χ3n) is 5.03. The summed E-state index contributed by atoms with van der Waals surface area (Å²) in [5.74, 6) is 0.744. The average molecular weight is 310 g/mol. The van der Waals surface area contributed by atoms with E-state index >= 15 is 0 Å². The van der Waals surface area contributed by atoms with E-state index in [0.29, 0.717) is 5.92 Å². The molecule has 0 aromatic heterocycles. The fourth-order valence-electron chi connectivity index (χ4n) is 3.11. The largest absolute Gasteiger partial charge is 0.351 e. The van der Waals surface area contributed by atoms with Crippen molar-refractivity contribution in [1.82, 2.24) is 10.6 Å². The summed E-state index contributed by atoms with van der Waals surface area (Å²) in [6, 6.07) is 0. The molecule has 128 valence electrons. The molecule has 0 spiro atoms. The summed E-state index contributed by atoms with van der Waals surface area (Å²) in [6.07, 6.45) is 3.99. The lowest BCUT2D eigenvalue weighted by molar-refractivity contribution is -0.126. The Morgan fingerprint density at radius 1 is 1.00 bits per heavy atom. The first kappa shape index (κ1) is 19.0. The Kier molecular flexibility index (Phi) is 6.05. The number of hydrogen-bond donors (Lipinski definition) is 2. The quantitative estimate of drug-likeness (QED) is 0.819. The standard InChI is InChI=1S/C18H34N2O2/c1-12(2)15(21)19-17(5,6)14-8-10-18(7,11-9-14)20-16(22)13(3)4/h12-14H,8-11H2,1-7H3,(H,19,21)(H,20,22). The van der Waals surface area contributed by atoms with Gasteiger partial charge in [0, 0.05) is 22.9 Å². The lowest BCUT2D eigenvalue weighted by atomic mass is 9.70. The van der Waals surface area contributed by atoms with Crippen molar-refractivity contribution < 1.29 is 9.59 Å². The molecule has 1 aliphatic carbocycles. The summed E-state index contributed by atoms with van der Waals surface area (Å²) in [7, 11) is 0. The minimum atomic E-state index is -0.190. The summed E-state index contributed by atoms with van der Waals surface area (Å²) >= 11 is 0. The highest BCUT2D eigenvalue weighted by Gasteiger charge is 2.39. The van der Waals surface area contributed by atoms with Crippen molar-refractivity contribution in [2.75, 3.05) is 0 Å². The van der Waals surface area contributed by atoms with Crippen LogP contribution in [-0.4, -0.2) is 22.9 Å². The van der Waals surface area contributed by atoms with Gasteiger partial charge in [-0.1, -0.05) is 27.7 Å². The summed E-state index contributed by atoms with van der Waals surface area (Å²) in [4.78, 5) is 23.9. The molecular formula is C18H34N2O2. The lowest BCUT2D eigenvalue weighted by Crippen LogP contribution is -2.55. The molecule has 0 radical (unpaired) electrons. The first-order valence-electron chi connectivity index (χ1n) is 8.61. The average Bonchev–Trinajstić information content (AvgIpc) is 2.37. The van der Waals surface area contributed by atoms with Gasteiger partial charge in [0.15, 0.2) is 0 Å². The highest BCUT2D eigenvalue weighted by molar-refractivity contribution is 5.79. The molecule has 1 aliphatic rings. The zero-order valence-corrected chi connectivity index (χ0v) is 15.4. The third-order valence-corrected chi connectivity index (χ3v) is 5.03. The number of carbonyl (C=O) groups is 2. The van der Waals surface area contributed by atoms with E-state index in [2.05, 4.69) is 31.4 Å². The Bertz CT molecular complexity index is 405. The van der Waals surface area contributed by atoms with Crippen LogP contribution in [0.25, 0.3) is 0 Å². The van der Waals surface area contributed by atoms with E-state index in [9.17, 15) is 9.59 Å². The van der Waals surface area contributed by atoms with Gasteiger partial charge in [0.25, 0.3) is 0 Å². The summed E-state index contributed by atoms with van der Waals surface area (Å²) < 4.78 is 0. The molecule has 0 atom stereocenters. The van der Waals surface area contributed by atoms with Crippen LogP contribution in [0.4, 0.5) is 0 Å². The van der Waals surface area contributed by atoms with Crippen LogP contribution in [0.5, 0.6) is 0 Å². The van der Waals surface area contributed by atoms with E-state index in [4.69, 9.17) is 0 Å². The van der Waals surface area contributed by atoms with Crippen LogP contribution in [0.2, 0.25) is 0 Å². The van der Waals surface area contributed by atoms with Crippen molar-refractivity contribution >= 4 is 11.8 Å². The molecule has 4 heteroatoms. The highest BCUT2D eigenvalue weighted by atomic mass is 16.2. The Morgan fingerprint density at radius 2 is 1.45 bits per heavy atom. The molecule has 2 N–H and O–H groups in total. The van der Waals surface area contributed by atoms with Gasteiger partial charge in [-0.15, -0.1) is 0 Å². The van der Waals surface area contributed by atoms with Gasteiger partial charge in [-0.3, -0.25) is 9.59 Å². The molecule has 0 saturated heterocycles. The van der Waals surface area contributed by atoms with Crippen LogP contribution in [0.3, 0.4) is 0 Å². The van der Waals surface area contributed by atoms with Gasteiger partial charge in [-0.05, 0) is 52.4 Å². The first-order chi connectivity index (χ1) is 9.97. The fourth-order valence-corrected chi connectivity index (χ4v) is 3.11. The second kappa shape index (κ2) is 7.01. The smallest absolute Gasteiger partial charge is 0.222 e. The predicted octanol–water partition coefficient (Wildman–Crippen LogP) is 3.26. The lowest BCUT2D eigenvalue weighted by Gasteiger charge is -2.44. The van der Waals surface area contributed by atoms with Crippen molar-refractivity contribution in [2.24, 2.45) is 17.8 Å².